The molecular formula is C28H42N4O7. The molecule has 0 aliphatic carbocycles. The summed E-state index contributed by atoms with van der Waals surface area (Å²) in [5, 5.41) is 10.5. The number of likely N-dealkylation sites (tertiary alicyclic amines) is 2. The molecule has 1 unspecified atom stereocenters. The number of carbonyl (C=O) groups excluding carboxylic acids is 2. The number of methoxy groups -OCH3 is 1. The Balaban J connectivity index is 1.63. The van der Waals surface area contributed by atoms with E-state index in [1.807, 2.05) is 15.9 Å². The van der Waals surface area contributed by atoms with Crippen LogP contribution in [0.4, 0.5) is 0 Å². The van der Waals surface area contributed by atoms with Crippen molar-refractivity contribution in [2.45, 2.75) is 57.4 Å². The van der Waals surface area contributed by atoms with Crippen molar-refractivity contribution >= 4 is 17.8 Å². The third kappa shape index (κ3) is 6.58. The number of hydrogen-bond acceptors (Lipinski definition) is 8. The van der Waals surface area contributed by atoms with Gasteiger partial charge in [-0.2, -0.15) is 0 Å². The van der Waals surface area contributed by atoms with Crippen LogP contribution < -0.4 is 19.9 Å². The number of nitrogens with zero attached hydrogens (tertiary/aromatic N) is 3. The van der Waals surface area contributed by atoms with Gasteiger partial charge in [-0.05, 0) is 49.9 Å². The SMILES string of the molecule is CCCCN(CCCCN)C(=O)CN1C[C@H](c2cc(OC)c3c(c2)OCO3)C(C(=O)O)[C@@H]1CN1CCCC1=O. The summed E-state index contributed by atoms with van der Waals surface area (Å²) in [7, 11) is 1.53. The molecule has 4 rings (SSSR count). The Hall–Kier alpha value is -3.05. The Morgan fingerprint density at radius 2 is 2.00 bits per heavy atom. The predicted molar refractivity (Wildman–Crippen MR) is 144 cm³/mol. The van der Waals surface area contributed by atoms with Crippen molar-refractivity contribution in [3.05, 3.63) is 17.7 Å². The van der Waals surface area contributed by atoms with E-state index < -0.39 is 23.8 Å². The van der Waals surface area contributed by atoms with E-state index in [9.17, 15) is 19.5 Å². The van der Waals surface area contributed by atoms with Crippen molar-refractivity contribution < 1.29 is 33.7 Å². The Morgan fingerprint density at radius 3 is 2.67 bits per heavy atom. The molecule has 0 spiro atoms. The minimum Gasteiger partial charge on any atom is -0.493 e. The normalized spacial score (nSPS) is 22.5. The van der Waals surface area contributed by atoms with E-state index in [0.29, 0.717) is 56.4 Å². The van der Waals surface area contributed by atoms with E-state index >= 15 is 0 Å². The molecule has 0 aromatic heterocycles. The molecular weight excluding hydrogens is 504 g/mol. The molecule has 0 saturated carbocycles. The van der Waals surface area contributed by atoms with Gasteiger partial charge in [0.25, 0.3) is 0 Å². The van der Waals surface area contributed by atoms with Gasteiger partial charge in [0.1, 0.15) is 0 Å². The van der Waals surface area contributed by atoms with E-state index in [1.165, 1.54) is 7.11 Å². The summed E-state index contributed by atoms with van der Waals surface area (Å²) in [6.45, 7) is 5.38. The minimum atomic E-state index is -0.950. The van der Waals surface area contributed by atoms with Gasteiger partial charge in [-0.3, -0.25) is 19.3 Å². The fraction of sp³-hybridized carbons (Fsp3) is 0.679. The number of fused-ring (bicyclic) bond motifs is 1. The lowest BCUT2D eigenvalue weighted by atomic mass is 9.84. The standard InChI is InChI=1S/C28H42N4O7/c1-3-4-10-30(11-6-5-9-29)25(34)17-32-15-20(19-13-22(37-2)27-23(14-19)38-18-39-27)26(28(35)36)21(32)16-31-12-7-8-24(31)33/h13-14,20-21,26H,3-12,15-18,29H2,1-2H3,(H,35,36)/t20-,21+,26?/m1/s1. The van der Waals surface area contributed by atoms with Crippen LogP contribution in [0.3, 0.4) is 0 Å². The van der Waals surface area contributed by atoms with E-state index in [0.717, 1.165) is 37.7 Å². The van der Waals surface area contributed by atoms with Gasteiger partial charge in [0.2, 0.25) is 24.4 Å². The second-order valence-corrected chi connectivity index (χ2v) is 10.6. The first-order chi connectivity index (χ1) is 18.9. The molecule has 11 nitrogen and oxygen atoms in total. The largest absolute Gasteiger partial charge is 0.493 e. The van der Waals surface area contributed by atoms with E-state index in [4.69, 9.17) is 19.9 Å². The summed E-state index contributed by atoms with van der Waals surface area (Å²) in [6, 6.07) is 3.11. The second-order valence-electron chi connectivity index (χ2n) is 10.6. The highest BCUT2D eigenvalue weighted by Crippen LogP contribution is 2.47. The molecule has 3 aliphatic heterocycles. The summed E-state index contributed by atoms with van der Waals surface area (Å²) in [6.07, 6.45) is 4.77. The molecule has 39 heavy (non-hydrogen) atoms. The van der Waals surface area contributed by atoms with Crippen molar-refractivity contribution in [2.75, 3.05) is 59.7 Å². The van der Waals surface area contributed by atoms with Gasteiger partial charge in [-0.25, -0.2) is 0 Å². The van der Waals surface area contributed by atoms with Crippen LogP contribution in [0.2, 0.25) is 0 Å². The highest BCUT2D eigenvalue weighted by Gasteiger charge is 2.49. The number of carbonyl (C=O) groups is 3. The molecule has 0 bridgehead atoms. The van der Waals surface area contributed by atoms with Crippen LogP contribution in [-0.2, 0) is 14.4 Å². The molecule has 216 valence electrons. The molecule has 3 atom stereocenters. The predicted octanol–water partition coefficient (Wildman–Crippen LogP) is 1.88. The first kappa shape index (κ1) is 28.9. The lowest BCUT2D eigenvalue weighted by Crippen LogP contribution is -2.49. The molecule has 1 aromatic rings. The van der Waals surface area contributed by atoms with Gasteiger partial charge >= 0.3 is 5.97 Å². The van der Waals surface area contributed by atoms with Crippen LogP contribution in [0.5, 0.6) is 17.2 Å². The monoisotopic (exact) mass is 546 g/mol. The third-order valence-corrected chi connectivity index (χ3v) is 8.08. The van der Waals surface area contributed by atoms with Crippen LogP contribution >= 0.6 is 0 Å². The van der Waals surface area contributed by atoms with Gasteiger partial charge in [0, 0.05) is 51.1 Å². The summed E-state index contributed by atoms with van der Waals surface area (Å²) < 4.78 is 16.7. The van der Waals surface area contributed by atoms with E-state index in [-0.39, 0.29) is 31.7 Å². The number of benzene rings is 1. The smallest absolute Gasteiger partial charge is 0.308 e. The van der Waals surface area contributed by atoms with Crippen molar-refractivity contribution in [3.8, 4) is 17.2 Å². The van der Waals surface area contributed by atoms with Crippen molar-refractivity contribution in [1.29, 1.82) is 0 Å². The Kier molecular flexibility index (Phi) is 9.90. The van der Waals surface area contributed by atoms with Gasteiger partial charge in [0.15, 0.2) is 11.5 Å². The number of amides is 2. The molecule has 0 radical (unpaired) electrons. The molecule has 2 saturated heterocycles. The van der Waals surface area contributed by atoms with Crippen LogP contribution in [0, 0.1) is 5.92 Å². The number of unbranched alkanes of at least 4 members (excludes halogenated alkanes) is 2. The molecule has 2 amide bonds. The van der Waals surface area contributed by atoms with Gasteiger partial charge in [-0.1, -0.05) is 13.3 Å². The van der Waals surface area contributed by atoms with Crippen molar-refractivity contribution in [1.82, 2.24) is 14.7 Å². The fourth-order valence-corrected chi connectivity index (χ4v) is 5.97. The average Bonchev–Trinajstić information content (AvgIpc) is 3.65. The van der Waals surface area contributed by atoms with Crippen LogP contribution in [0.1, 0.15) is 56.9 Å². The maximum absolute atomic E-state index is 13.6. The topological polar surface area (TPSA) is 135 Å². The van der Waals surface area contributed by atoms with Crippen LogP contribution in [0.25, 0.3) is 0 Å². The number of rotatable bonds is 14. The van der Waals surface area contributed by atoms with Gasteiger partial charge in [-0.15, -0.1) is 0 Å². The molecule has 3 N–H and O–H groups in total. The van der Waals surface area contributed by atoms with E-state index in [2.05, 4.69) is 6.92 Å². The number of carboxylic acid groups (broad SMARTS) is 1. The zero-order valence-electron chi connectivity index (χ0n) is 23.1. The lowest BCUT2D eigenvalue weighted by Gasteiger charge is -2.32. The maximum atomic E-state index is 13.6. The molecule has 3 aliphatic rings. The highest BCUT2D eigenvalue weighted by molar-refractivity contribution is 5.80. The molecule has 2 fully saturated rings. The zero-order valence-corrected chi connectivity index (χ0v) is 23.1. The summed E-state index contributed by atoms with van der Waals surface area (Å²) in [5.74, 6) is -0.692. The number of ether oxygens (including phenoxy) is 3. The molecule has 3 heterocycles. The number of nitrogens with two attached hydrogens (primary N) is 1. The first-order valence-corrected chi connectivity index (χ1v) is 14.1. The fourth-order valence-electron chi connectivity index (χ4n) is 5.97. The van der Waals surface area contributed by atoms with Crippen LogP contribution in [-0.4, -0.2) is 103 Å². The highest BCUT2D eigenvalue weighted by atomic mass is 16.7. The summed E-state index contributed by atoms with van der Waals surface area (Å²) in [5.41, 5.74) is 6.43. The quantitative estimate of drug-likeness (QED) is 0.335. The number of carboxylic acids is 1. The third-order valence-electron chi connectivity index (χ3n) is 8.08. The Bertz CT molecular complexity index is 1040. The van der Waals surface area contributed by atoms with Crippen molar-refractivity contribution in [3.63, 3.8) is 0 Å². The van der Waals surface area contributed by atoms with Crippen molar-refractivity contribution in [2.24, 2.45) is 11.7 Å². The van der Waals surface area contributed by atoms with Crippen LogP contribution in [0.15, 0.2) is 12.1 Å². The van der Waals surface area contributed by atoms with Gasteiger partial charge < -0.3 is 34.9 Å². The summed E-state index contributed by atoms with van der Waals surface area (Å²) in [4.78, 5) is 44.5. The number of hydrogen-bond donors (Lipinski definition) is 2. The zero-order chi connectivity index (χ0) is 27.9. The minimum absolute atomic E-state index is 0.0220. The molecule has 1 aromatic carbocycles. The van der Waals surface area contributed by atoms with Gasteiger partial charge in [0.05, 0.1) is 19.6 Å². The maximum Gasteiger partial charge on any atom is 0.308 e. The lowest BCUT2D eigenvalue weighted by molar-refractivity contribution is -0.144. The second kappa shape index (κ2) is 13.3. The molecule has 11 heteroatoms. The summed E-state index contributed by atoms with van der Waals surface area (Å²) >= 11 is 0. The Labute approximate surface area is 230 Å². The van der Waals surface area contributed by atoms with E-state index in [1.54, 1.807) is 11.0 Å². The first-order valence-electron chi connectivity index (χ1n) is 14.1. The average molecular weight is 547 g/mol. The Morgan fingerprint density at radius 1 is 1.21 bits per heavy atom. The number of aliphatic carboxylic acids is 1.